The van der Waals surface area contributed by atoms with Crippen molar-refractivity contribution in [2.45, 2.75) is 13.5 Å². The van der Waals surface area contributed by atoms with Crippen LogP contribution in [0.25, 0.3) is 0 Å². The second-order valence-electron chi connectivity index (χ2n) is 5.11. The predicted octanol–water partition coefficient (Wildman–Crippen LogP) is 2.86. The lowest BCUT2D eigenvalue weighted by Crippen LogP contribution is -2.26. The molecule has 0 aliphatic rings. The van der Waals surface area contributed by atoms with Gasteiger partial charge in [0.2, 0.25) is 0 Å². The van der Waals surface area contributed by atoms with E-state index >= 15 is 0 Å². The van der Waals surface area contributed by atoms with Crippen LogP contribution in [0.3, 0.4) is 0 Å². The van der Waals surface area contributed by atoms with E-state index in [0.29, 0.717) is 23.5 Å². The van der Waals surface area contributed by atoms with E-state index in [9.17, 15) is 4.79 Å². The zero-order chi connectivity index (χ0) is 15.4. The first-order valence-corrected chi connectivity index (χ1v) is 6.76. The first kappa shape index (κ1) is 14.9. The number of nitrogens with zero attached hydrogens (tertiary/aromatic N) is 1. The van der Waals surface area contributed by atoms with Crippen LogP contribution in [0.4, 0.5) is 5.69 Å². The van der Waals surface area contributed by atoms with Crippen LogP contribution in [0.15, 0.2) is 42.5 Å². The van der Waals surface area contributed by atoms with Gasteiger partial charge in [0.05, 0.1) is 12.8 Å². The number of aryl methyl sites for hydroxylation is 1. The summed E-state index contributed by atoms with van der Waals surface area (Å²) >= 11 is 0. The molecule has 2 rings (SSSR count). The summed E-state index contributed by atoms with van der Waals surface area (Å²) in [7, 11) is 3.34. The quantitative estimate of drug-likeness (QED) is 0.878. The van der Waals surface area contributed by atoms with Gasteiger partial charge in [0.25, 0.3) is 5.91 Å². The van der Waals surface area contributed by atoms with Crippen molar-refractivity contribution in [2.24, 2.45) is 0 Å². The third-order valence-corrected chi connectivity index (χ3v) is 3.33. The largest absolute Gasteiger partial charge is 0.495 e. The maximum absolute atomic E-state index is 12.4. The molecule has 0 radical (unpaired) electrons. The average molecular weight is 284 g/mol. The van der Waals surface area contributed by atoms with Crippen LogP contribution in [0.2, 0.25) is 0 Å². The predicted molar refractivity (Wildman–Crippen MR) is 84.4 cm³/mol. The fraction of sp³-hybridized carbons (Fsp3) is 0.235. The molecular formula is C17H20N2O2. The molecule has 0 bridgehead atoms. The molecule has 0 fully saturated rings. The number of rotatable bonds is 4. The standard InChI is InChI=1S/C17H20N2O2/c1-12-5-4-6-13(9-12)11-19(2)17(20)14-7-8-16(21-3)15(18)10-14/h4-10H,11,18H2,1-3H3. The molecule has 1 amide bonds. The molecule has 0 aliphatic carbocycles. The highest BCUT2D eigenvalue weighted by Gasteiger charge is 2.13. The topological polar surface area (TPSA) is 55.6 Å². The molecule has 4 heteroatoms. The van der Waals surface area contributed by atoms with E-state index in [2.05, 4.69) is 6.07 Å². The minimum absolute atomic E-state index is 0.0640. The van der Waals surface area contributed by atoms with E-state index in [-0.39, 0.29) is 5.91 Å². The normalized spacial score (nSPS) is 10.2. The molecule has 0 aliphatic heterocycles. The lowest BCUT2D eigenvalue weighted by atomic mass is 10.1. The van der Waals surface area contributed by atoms with Gasteiger partial charge in [-0.25, -0.2) is 0 Å². The van der Waals surface area contributed by atoms with Crippen LogP contribution in [-0.4, -0.2) is 25.0 Å². The molecule has 0 spiro atoms. The van der Waals surface area contributed by atoms with E-state index in [1.165, 1.54) is 5.56 Å². The van der Waals surface area contributed by atoms with E-state index in [1.54, 1.807) is 37.3 Å². The smallest absolute Gasteiger partial charge is 0.253 e. The highest BCUT2D eigenvalue weighted by molar-refractivity contribution is 5.95. The molecule has 110 valence electrons. The van der Waals surface area contributed by atoms with Gasteiger partial charge in [-0.05, 0) is 30.7 Å². The second-order valence-corrected chi connectivity index (χ2v) is 5.11. The Kier molecular flexibility index (Phi) is 4.48. The van der Waals surface area contributed by atoms with Gasteiger partial charge in [-0.3, -0.25) is 4.79 Å². The number of carbonyl (C=O) groups excluding carboxylic acids is 1. The SMILES string of the molecule is COc1ccc(C(=O)N(C)Cc2cccc(C)c2)cc1N. The highest BCUT2D eigenvalue weighted by Crippen LogP contribution is 2.22. The van der Waals surface area contributed by atoms with Crippen LogP contribution >= 0.6 is 0 Å². The molecule has 4 nitrogen and oxygen atoms in total. The summed E-state index contributed by atoms with van der Waals surface area (Å²) < 4.78 is 5.10. The Bertz CT molecular complexity index is 653. The molecule has 2 N–H and O–H groups in total. The van der Waals surface area contributed by atoms with Gasteiger partial charge >= 0.3 is 0 Å². The van der Waals surface area contributed by atoms with Crippen LogP contribution in [0.1, 0.15) is 21.5 Å². The molecule has 0 heterocycles. The van der Waals surface area contributed by atoms with Crippen molar-refractivity contribution in [3.63, 3.8) is 0 Å². The van der Waals surface area contributed by atoms with Crippen molar-refractivity contribution in [3.05, 3.63) is 59.2 Å². The summed E-state index contributed by atoms with van der Waals surface area (Å²) in [4.78, 5) is 14.1. The lowest BCUT2D eigenvalue weighted by molar-refractivity contribution is 0.0785. The summed E-state index contributed by atoms with van der Waals surface area (Å²) in [6.07, 6.45) is 0. The fourth-order valence-corrected chi connectivity index (χ4v) is 2.24. The molecule has 0 unspecified atom stereocenters. The van der Waals surface area contributed by atoms with Crippen molar-refractivity contribution in [2.75, 3.05) is 19.9 Å². The summed E-state index contributed by atoms with van der Waals surface area (Å²) in [6.45, 7) is 2.60. The molecule has 0 aromatic heterocycles. The Balaban J connectivity index is 2.14. The molecule has 0 saturated carbocycles. The van der Waals surface area contributed by atoms with Gasteiger partial charge in [0.1, 0.15) is 5.75 Å². The minimum Gasteiger partial charge on any atom is -0.495 e. The number of amides is 1. The van der Waals surface area contributed by atoms with Crippen LogP contribution in [0, 0.1) is 6.92 Å². The van der Waals surface area contributed by atoms with Gasteiger partial charge in [0.15, 0.2) is 0 Å². The molecule has 2 aromatic rings. The molecule has 21 heavy (non-hydrogen) atoms. The van der Waals surface area contributed by atoms with Crippen molar-refractivity contribution >= 4 is 11.6 Å². The number of carbonyl (C=O) groups is 1. The van der Waals surface area contributed by atoms with Crippen LogP contribution in [0.5, 0.6) is 5.75 Å². The first-order chi connectivity index (χ1) is 10.0. The van der Waals surface area contributed by atoms with E-state index in [1.807, 2.05) is 25.1 Å². The third-order valence-electron chi connectivity index (χ3n) is 3.33. The lowest BCUT2D eigenvalue weighted by Gasteiger charge is -2.18. The second kappa shape index (κ2) is 6.31. The monoisotopic (exact) mass is 284 g/mol. The maximum atomic E-state index is 12.4. The van der Waals surface area contributed by atoms with E-state index < -0.39 is 0 Å². The van der Waals surface area contributed by atoms with Gasteiger partial charge in [-0.1, -0.05) is 29.8 Å². The third kappa shape index (κ3) is 3.54. The molecule has 2 aromatic carbocycles. The van der Waals surface area contributed by atoms with Crippen LogP contribution in [-0.2, 0) is 6.54 Å². The number of methoxy groups -OCH3 is 1. The van der Waals surface area contributed by atoms with E-state index in [4.69, 9.17) is 10.5 Å². The molecule has 0 atom stereocenters. The van der Waals surface area contributed by atoms with Crippen molar-refractivity contribution in [3.8, 4) is 5.75 Å². The number of anilines is 1. The summed E-state index contributed by atoms with van der Waals surface area (Å²) in [5.74, 6) is 0.513. The Morgan fingerprint density at radius 2 is 2.00 bits per heavy atom. The van der Waals surface area contributed by atoms with Crippen molar-refractivity contribution in [1.29, 1.82) is 0 Å². The first-order valence-electron chi connectivity index (χ1n) is 6.76. The van der Waals surface area contributed by atoms with Crippen LogP contribution < -0.4 is 10.5 Å². The summed E-state index contributed by atoms with van der Waals surface area (Å²) in [5, 5.41) is 0. The number of nitrogens with two attached hydrogens (primary N) is 1. The molecular weight excluding hydrogens is 264 g/mol. The van der Waals surface area contributed by atoms with Crippen molar-refractivity contribution in [1.82, 2.24) is 4.90 Å². The fourth-order valence-electron chi connectivity index (χ4n) is 2.24. The Labute approximate surface area is 125 Å². The summed E-state index contributed by atoms with van der Waals surface area (Å²) in [5.41, 5.74) is 9.16. The Morgan fingerprint density at radius 3 is 2.62 bits per heavy atom. The van der Waals surface area contributed by atoms with Crippen molar-refractivity contribution < 1.29 is 9.53 Å². The highest BCUT2D eigenvalue weighted by atomic mass is 16.5. The van der Waals surface area contributed by atoms with E-state index in [0.717, 1.165) is 5.56 Å². The van der Waals surface area contributed by atoms with Gasteiger partial charge in [-0.15, -0.1) is 0 Å². The number of ether oxygens (including phenoxy) is 1. The number of hydrogen-bond donors (Lipinski definition) is 1. The zero-order valence-electron chi connectivity index (χ0n) is 12.6. The average Bonchev–Trinajstić information content (AvgIpc) is 2.46. The molecule has 0 saturated heterocycles. The minimum atomic E-state index is -0.0640. The summed E-state index contributed by atoms with van der Waals surface area (Å²) in [6, 6.07) is 13.2. The zero-order valence-corrected chi connectivity index (χ0v) is 12.6. The number of nitrogen functional groups attached to an aromatic ring is 1. The van der Waals surface area contributed by atoms with Gasteiger partial charge < -0.3 is 15.4 Å². The Hall–Kier alpha value is -2.49. The number of benzene rings is 2. The van der Waals surface area contributed by atoms with Gasteiger partial charge in [-0.2, -0.15) is 0 Å². The Morgan fingerprint density at radius 1 is 1.24 bits per heavy atom. The number of hydrogen-bond acceptors (Lipinski definition) is 3. The van der Waals surface area contributed by atoms with Gasteiger partial charge in [0, 0.05) is 19.2 Å². The maximum Gasteiger partial charge on any atom is 0.253 e.